The Morgan fingerprint density at radius 2 is 1.65 bits per heavy atom. The van der Waals surface area contributed by atoms with Crippen molar-refractivity contribution in [2.75, 3.05) is 84.1 Å². The lowest BCUT2D eigenvalue weighted by Gasteiger charge is -2.48. The molecule has 0 bridgehead atoms. The predicted molar refractivity (Wildman–Crippen MR) is 242 cm³/mol. The van der Waals surface area contributed by atoms with Crippen molar-refractivity contribution in [1.29, 1.82) is 0 Å². The molecule has 5 aliphatic heterocycles. The summed E-state index contributed by atoms with van der Waals surface area (Å²) in [4.78, 5) is 89.5. The number of hydrogen-bond acceptors (Lipinski definition) is 11. The summed E-state index contributed by atoms with van der Waals surface area (Å²) in [5, 5.41) is 5.15. The number of carbonyl (C=O) groups excluding carboxylic acids is 6. The van der Waals surface area contributed by atoms with E-state index in [9.17, 15) is 28.8 Å². The first-order chi connectivity index (χ1) is 31.7. The maximum atomic E-state index is 14.7. The number of benzene rings is 3. The number of carbonyl (C=O) groups is 6. The van der Waals surface area contributed by atoms with Gasteiger partial charge in [-0.25, -0.2) is 9.59 Å². The first-order valence-electron chi connectivity index (χ1n) is 22.9. The van der Waals surface area contributed by atoms with Crippen LogP contribution in [0.1, 0.15) is 67.6 Å². The van der Waals surface area contributed by atoms with Crippen molar-refractivity contribution in [1.82, 2.24) is 30.2 Å². The van der Waals surface area contributed by atoms with Crippen LogP contribution in [-0.4, -0.2) is 153 Å². The number of nitrogens with zero attached hydrogens (tertiary/aromatic N) is 5. The van der Waals surface area contributed by atoms with Crippen LogP contribution in [0.3, 0.4) is 0 Å². The largest absolute Gasteiger partial charge is 0.495 e. The highest BCUT2D eigenvalue weighted by Crippen LogP contribution is 2.41. The smallest absolute Gasteiger partial charge is 0.408 e. The molecule has 1 spiro atoms. The fourth-order valence-electron chi connectivity index (χ4n) is 9.81. The first kappa shape index (κ1) is 46.5. The Morgan fingerprint density at radius 3 is 2.36 bits per heavy atom. The zero-order valence-corrected chi connectivity index (χ0v) is 38.2. The zero-order chi connectivity index (χ0) is 46.6. The molecule has 5 heterocycles. The summed E-state index contributed by atoms with van der Waals surface area (Å²) in [6.07, 6.45) is -0.122. The van der Waals surface area contributed by atoms with Gasteiger partial charge in [-0.1, -0.05) is 81.4 Å². The Bertz CT molecular complexity index is 2270. The van der Waals surface area contributed by atoms with E-state index >= 15 is 0 Å². The number of hydrogen-bond donors (Lipinski definition) is 2. The minimum absolute atomic E-state index is 0.0425. The molecule has 352 valence electrons. The molecule has 3 aromatic carbocycles. The number of methoxy groups -OCH3 is 1. The topological polar surface area (TPSA) is 180 Å². The molecule has 8 rings (SSSR count). The summed E-state index contributed by atoms with van der Waals surface area (Å²) in [6.45, 7) is 11.0. The SMILES string of the molecule is COc1ccc(C(=O)N2CCC3(CN(CCO[C@H]4C[C@@H](C(=O)N5CCO[C@H](c6ccccc6)C5)N(C(=O)[C@@H](NC(=O)OCc5ccccc5)C(C)(C)C)C4)C3)C2)cc1N1CCC(=O)NC1=O. The van der Waals surface area contributed by atoms with Crippen molar-refractivity contribution in [2.45, 2.75) is 70.9 Å². The molecule has 0 unspecified atom stereocenters. The van der Waals surface area contributed by atoms with Crippen molar-refractivity contribution < 1.29 is 47.7 Å². The summed E-state index contributed by atoms with van der Waals surface area (Å²) >= 11 is 0. The Balaban J connectivity index is 0.882. The van der Waals surface area contributed by atoms with Crippen LogP contribution in [0.4, 0.5) is 15.3 Å². The molecular weight excluding hydrogens is 847 g/mol. The molecule has 5 aliphatic rings. The quantitative estimate of drug-likeness (QED) is 0.251. The second-order valence-corrected chi connectivity index (χ2v) is 19.1. The standard InChI is InChI=1S/C49H61N7O10/c1-48(2,3)42(51-47(62)66-29-33-11-7-5-8-12-33)45(60)56-27-36(26-38(56)44(59)53-22-24-65-40(28-53)34-13-9-6-10-14-34)64-23-21-52-30-49(31-52)18-20-54(32-49)43(58)35-15-16-39(63-4)37(25-35)55-19-17-41(57)50-46(55)61/h5-16,25,36,38,40,42H,17-24,26-32H2,1-4H3,(H,51,62)(H,50,57,61)/t36-,38-,40-,42+/m0/s1. The van der Waals surface area contributed by atoms with Crippen molar-refractivity contribution in [3.63, 3.8) is 0 Å². The number of nitrogens with one attached hydrogen (secondary N) is 2. The summed E-state index contributed by atoms with van der Waals surface area (Å²) in [5.74, 6) is -0.592. The van der Waals surface area contributed by atoms with Crippen molar-refractivity contribution in [3.05, 3.63) is 95.6 Å². The average molecular weight is 908 g/mol. The number of alkyl carbamates (subject to hydrolysis) is 1. The number of anilines is 1. The fourth-order valence-corrected chi connectivity index (χ4v) is 9.81. The Kier molecular flexibility index (Phi) is 14.0. The minimum Gasteiger partial charge on any atom is -0.495 e. The Labute approximate surface area is 385 Å². The van der Waals surface area contributed by atoms with Gasteiger partial charge in [-0.2, -0.15) is 0 Å². The predicted octanol–water partition coefficient (Wildman–Crippen LogP) is 4.22. The maximum absolute atomic E-state index is 14.7. The monoisotopic (exact) mass is 907 g/mol. The second kappa shape index (κ2) is 19.8. The van der Waals surface area contributed by atoms with Crippen LogP contribution in [0.5, 0.6) is 5.75 Å². The summed E-state index contributed by atoms with van der Waals surface area (Å²) in [5.41, 5.74) is 1.91. The van der Waals surface area contributed by atoms with Gasteiger partial charge in [-0.3, -0.25) is 34.3 Å². The second-order valence-electron chi connectivity index (χ2n) is 19.1. The van der Waals surface area contributed by atoms with E-state index in [4.69, 9.17) is 18.9 Å². The molecule has 0 aliphatic carbocycles. The van der Waals surface area contributed by atoms with Gasteiger partial charge in [-0.05, 0) is 41.2 Å². The van der Waals surface area contributed by atoms with Crippen molar-refractivity contribution in [3.8, 4) is 5.75 Å². The van der Waals surface area contributed by atoms with Gasteiger partial charge in [-0.15, -0.1) is 0 Å². The third-order valence-electron chi connectivity index (χ3n) is 13.3. The first-order valence-corrected chi connectivity index (χ1v) is 22.9. The molecule has 0 radical (unpaired) electrons. The lowest BCUT2D eigenvalue weighted by Crippen LogP contribution is -2.58. The number of morpholine rings is 1. The molecule has 66 heavy (non-hydrogen) atoms. The van der Waals surface area contributed by atoms with Gasteiger partial charge in [0.1, 0.15) is 30.5 Å². The van der Waals surface area contributed by atoms with E-state index in [2.05, 4.69) is 15.5 Å². The average Bonchev–Trinajstić information content (AvgIpc) is 3.95. The zero-order valence-electron chi connectivity index (χ0n) is 38.2. The molecule has 4 atom stereocenters. The molecule has 2 N–H and O–H groups in total. The highest BCUT2D eigenvalue weighted by atomic mass is 16.5. The number of likely N-dealkylation sites (tertiary alicyclic amines) is 3. The van der Waals surface area contributed by atoms with Crippen LogP contribution < -0.4 is 20.3 Å². The molecular formula is C49H61N7O10. The molecule has 7 amide bonds. The molecule has 0 aromatic heterocycles. The molecule has 0 saturated carbocycles. The van der Waals surface area contributed by atoms with Crippen LogP contribution in [0.15, 0.2) is 78.9 Å². The third-order valence-corrected chi connectivity index (χ3v) is 13.3. The Hall–Kier alpha value is -6.04. The summed E-state index contributed by atoms with van der Waals surface area (Å²) in [7, 11) is 1.50. The van der Waals surface area contributed by atoms with E-state index in [1.54, 1.807) is 28.0 Å². The maximum Gasteiger partial charge on any atom is 0.408 e. The fraction of sp³-hybridized carbons (Fsp3) is 0.510. The lowest BCUT2D eigenvalue weighted by atomic mass is 9.79. The van der Waals surface area contributed by atoms with Crippen LogP contribution >= 0.6 is 0 Å². The van der Waals surface area contributed by atoms with E-state index in [0.717, 1.165) is 30.6 Å². The van der Waals surface area contributed by atoms with Gasteiger partial charge >= 0.3 is 12.1 Å². The van der Waals surface area contributed by atoms with E-state index in [-0.39, 0.29) is 61.3 Å². The van der Waals surface area contributed by atoms with Crippen LogP contribution in [0.2, 0.25) is 0 Å². The van der Waals surface area contributed by atoms with Crippen LogP contribution in [-0.2, 0) is 35.2 Å². The highest BCUT2D eigenvalue weighted by molar-refractivity contribution is 6.07. The van der Waals surface area contributed by atoms with Crippen molar-refractivity contribution in [2.24, 2.45) is 10.8 Å². The minimum atomic E-state index is -0.985. The van der Waals surface area contributed by atoms with Gasteiger partial charge in [0, 0.05) is 76.2 Å². The van der Waals surface area contributed by atoms with Gasteiger partial charge < -0.3 is 39.0 Å². The van der Waals surface area contributed by atoms with E-state index in [1.165, 1.54) is 12.0 Å². The van der Waals surface area contributed by atoms with Gasteiger partial charge in [0.25, 0.3) is 5.91 Å². The normalized spacial score (nSPS) is 22.5. The molecule has 5 saturated heterocycles. The van der Waals surface area contributed by atoms with Gasteiger partial charge in [0.2, 0.25) is 17.7 Å². The number of imide groups is 1. The summed E-state index contributed by atoms with van der Waals surface area (Å²) in [6, 6.07) is 21.8. The van der Waals surface area contributed by atoms with E-state index in [0.29, 0.717) is 69.4 Å². The van der Waals surface area contributed by atoms with Crippen LogP contribution in [0.25, 0.3) is 0 Å². The lowest BCUT2D eigenvalue weighted by molar-refractivity contribution is -0.150. The number of amides is 7. The molecule has 5 fully saturated rings. The number of ether oxygens (including phenoxy) is 4. The van der Waals surface area contributed by atoms with Gasteiger partial charge in [0.15, 0.2) is 0 Å². The molecule has 17 heteroatoms. The molecule has 3 aromatic rings. The highest BCUT2D eigenvalue weighted by Gasteiger charge is 2.50. The van der Waals surface area contributed by atoms with Crippen molar-refractivity contribution >= 4 is 41.4 Å². The van der Waals surface area contributed by atoms with Crippen LogP contribution in [0, 0.1) is 10.8 Å². The number of urea groups is 1. The van der Waals surface area contributed by atoms with E-state index < -0.39 is 35.7 Å². The number of rotatable bonds is 13. The third kappa shape index (κ3) is 10.5. The summed E-state index contributed by atoms with van der Waals surface area (Å²) < 4.78 is 23.6. The Morgan fingerprint density at radius 1 is 0.909 bits per heavy atom. The molecule has 17 nitrogen and oxygen atoms in total. The van der Waals surface area contributed by atoms with E-state index in [1.807, 2.05) is 86.3 Å². The van der Waals surface area contributed by atoms with Gasteiger partial charge in [0.05, 0.1) is 38.7 Å².